The average molecular weight is 332 g/mol. The lowest BCUT2D eigenvalue weighted by Gasteiger charge is -2.37. The highest BCUT2D eigenvalue weighted by atomic mass is 16.2. The maximum Gasteiger partial charge on any atom is 0.239 e. The van der Waals surface area contributed by atoms with Crippen LogP contribution in [0.5, 0.6) is 0 Å². The first-order valence-corrected chi connectivity index (χ1v) is 9.50. The SMILES string of the molecule is O=C1N(Cc2ccccc2)c2ccccc2[C@@]12CCN1CCCC[C@@H]12. The van der Waals surface area contributed by atoms with Gasteiger partial charge in [0.1, 0.15) is 0 Å². The topological polar surface area (TPSA) is 23.6 Å². The van der Waals surface area contributed by atoms with Gasteiger partial charge in [-0.05, 0) is 49.5 Å². The van der Waals surface area contributed by atoms with Gasteiger partial charge in [-0.2, -0.15) is 0 Å². The van der Waals surface area contributed by atoms with Crippen LogP contribution in [0.25, 0.3) is 0 Å². The Kier molecular flexibility index (Phi) is 3.46. The molecule has 3 aliphatic rings. The normalized spacial score (nSPS) is 28.4. The Labute approximate surface area is 149 Å². The van der Waals surface area contributed by atoms with Gasteiger partial charge < -0.3 is 4.90 Å². The number of anilines is 1. The van der Waals surface area contributed by atoms with Crippen LogP contribution in [0.1, 0.15) is 36.8 Å². The van der Waals surface area contributed by atoms with E-state index in [0.29, 0.717) is 18.5 Å². The monoisotopic (exact) mass is 332 g/mol. The van der Waals surface area contributed by atoms with Gasteiger partial charge in [-0.3, -0.25) is 9.69 Å². The van der Waals surface area contributed by atoms with Crippen LogP contribution in [0, 0.1) is 0 Å². The molecule has 0 bridgehead atoms. The molecule has 25 heavy (non-hydrogen) atoms. The molecule has 0 saturated carbocycles. The number of para-hydroxylation sites is 1. The first kappa shape index (κ1) is 15.2. The Morgan fingerprint density at radius 2 is 1.76 bits per heavy atom. The highest BCUT2D eigenvalue weighted by molar-refractivity contribution is 6.09. The molecule has 5 rings (SSSR count). The van der Waals surface area contributed by atoms with Crippen LogP contribution in [-0.4, -0.2) is 29.9 Å². The third-order valence-corrected chi connectivity index (χ3v) is 6.46. The fourth-order valence-electron chi connectivity index (χ4n) is 5.34. The largest absolute Gasteiger partial charge is 0.307 e. The Hall–Kier alpha value is -2.13. The summed E-state index contributed by atoms with van der Waals surface area (Å²) in [5, 5.41) is 0. The third-order valence-electron chi connectivity index (χ3n) is 6.46. The zero-order valence-electron chi connectivity index (χ0n) is 14.5. The molecule has 1 amide bonds. The van der Waals surface area contributed by atoms with Gasteiger partial charge >= 0.3 is 0 Å². The minimum Gasteiger partial charge on any atom is -0.307 e. The molecule has 0 radical (unpaired) electrons. The fraction of sp³-hybridized carbons (Fsp3) is 0.409. The molecule has 0 N–H and O–H groups in total. The molecule has 2 aromatic carbocycles. The summed E-state index contributed by atoms with van der Waals surface area (Å²) >= 11 is 0. The Morgan fingerprint density at radius 3 is 2.64 bits per heavy atom. The van der Waals surface area contributed by atoms with Gasteiger partial charge in [-0.25, -0.2) is 0 Å². The summed E-state index contributed by atoms with van der Waals surface area (Å²) in [6, 6.07) is 19.3. The van der Waals surface area contributed by atoms with Gasteiger partial charge in [0, 0.05) is 11.7 Å². The van der Waals surface area contributed by atoms with E-state index in [0.717, 1.165) is 31.6 Å². The molecule has 0 aromatic heterocycles. The van der Waals surface area contributed by atoms with Gasteiger partial charge in [-0.1, -0.05) is 55.0 Å². The number of fused-ring (bicyclic) bond motifs is 4. The van der Waals surface area contributed by atoms with E-state index in [1.54, 1.807) is 0 Å². The number of hydrogen-bond donors (Lipinski definition) is 0. The number of amides is 1. The first-order chi connectivity index (χ1) is 12.3. The Balaban J connectivity index is 1.59. The average Bonchev–Trinajstić information content (AvgIpc) is 3.17. The van der Waals surface area contributed by atoms with Crippen LogP contribution in [0.15, 0.2) is 54.6 Å². The van der Waals surface area contributed by atoms with Crippen LogP contribution in [0.2, 0.25) is 0 Å². The second kappa shape index (κ2) is 5.70. The number of rotatable bonds is 2. The smallest absolute Gasteiger partial charge is 0.239 e. The highest BCUT2D eigenvalue weighted by Crippen LogP contribution is 2.53. The lowest BCUT2D eigenvalue weighted by Crippen LogP contribution is -2.50. The number of carbonyl (C=O) groups is 1. The van der Waals surface area contributed by atoms with Crippen LogP contribution in [0.3, 0.4) is 0 Å². The van der Waals surface area contributed by atoms with E-state index in [9.17, 15) is 4.79 Å². The number of benzene rings is 2. The number of piperidine rings is 1. The molecule has 2 aromatic rings. The van der Waals surface area contributed by atoms with Crippen molar-refractivity contribution in [3.05, 3.63) is 65.7 Å². The summed E-state index contributed by atoms with van der Waals surface area (Å²) < 4.78 is 0. The summed E-state index contributed by atoms with van der Waals surface area (Å²) in [5.74, 6) is 0.326. The van der Waals surface area contributed by atoms with Crippen molar-refractivity contribution in [1.82, 2.24) is 4.90 Å². The zero-order valence-corrected chi connectivity index (χ0v) is 14.5. The fourth-order valence-corrected chi connectivity index (χ4v) is 5.34. The van der Waals surface area contributed by atoms with Crippen molar-refractivity contribution < 1.29 is 4.79 Å². The highest BCUT2D eigenvalue weighted by Gasteiger charge is 2.59. The summed E-state index contributed by atoms with van der Waals surface area (Å²) in [5.41, 5.74) is 3.28. The Morgan fingerprint density at radius 1 is 0.960 bits per heavy atom. The molecule has 3 heteroatoms. The molecule has 3 heterocycles. The van der Waals surface area contributed by atoms with Crippen molar-refractivity contribution in [3.8, 4) is 0 Å². The van der Waals surface area contributed by atoms with Gasteiger partial charge in [0.05, 0.1) is 12.0 Å². The second-order valence-electron chi connectivity index (χ2n) is 7.66. The third kappa shape index (κ3) is 2.12. The van der Waals surface area contributed by atoms with Crippen molar-refractivity contribution in [1.29, 1.82) is 0 Å². The van der Waals surface area contributed by atoms with Crippen molar-refractivity contribution in [2.45, 2.75) is 43.7 Å². The van der Waals surface area contributed by atoms with Gasteiger partial charge in [0.15, 0.2) is 0 Å². The van der Waals surface area contributed by atoms with Crippen molar-refractivity contribution in [2.75, 3.05) is 18.0 Å². The van der Waals surface area contributed by atoms with E-state index in [1.165, 1.54) is 24.0 Å². The zero-order chi connectivity index (χ0) is 16.9. The molecule has 1 spiro atoms. The maximum atomic E-state index is 13.7. The summed E-state index contributed by atoms with van der Waals surface area (Å²) in [6.45, 7) is 2.88. The van der Waals surface area contributed by atoms with E-state index < -0.39 is 0 Å². The molecular formula is C22H24N2O. The van der Waals surface area contributed by atoms with Gasteiger partial charge in [-0.15, -0.1) is 0 Å². The molecule has 2 atom stereocenters. The van der Waals surface area contributed by atoms with Crippen molar-refractivity contribution in [2.24, 2.45) is 0 Å². The predicted molar refractivity (Wildman–Crippen MR) is 99.6 cm³/mol. The summed E-state index contributed by atoms with van der Waals surface area (Å²) in [4.78, 5) is 18.4. The van der Waals surface area contributed by atoms with E-state index >= 15 is 0 Å². The minimum absolute atomic E-state index is 0.314. The van der Waals surface area contributed by atoms with Crippen LogP contribution >= 0.6 is 0 Å². The minimum atomic E-state index is -0.314. The maximum absolute atomic E-state index is 13.7. The second-order valence-corrected chi connectivity index (χ2v) is 7.66. The van der Waals surface area contributed by atoms with E-state index in [-0.39, 0.29) is 5.41 Å². The van der Waals surface area contributed by atoms with Crippen molar-refractivity contribution >= 4 is 11.6 Å². The molecule has 3 nitrogen and oxygen atoms in total. The lowest BCUT2D eigenvalue weighted by molar-refractivity contribution is -0.124. The number of nitrogens with zero attached hydrogens (tertiary/aromatic N) is 2. The molecule has 2 fully saturated rings. The summed E-state index contributed by atoms with van der Waals surface area (Å²) in [7, 11) is 0. The molecule has 2 saturated heterocycles. The molecule has 0 aliphatic carbocycles. The van der Waals surface area contributed by atoms with E-state index in [1.807, 2.05) is 11.0 Å². The Bertz CT molecular complexity index is 803. The van der Waals surface area contributed by atoms with E-state index in [2.05, 4.69) is 53.4 Å². The number of carbonyl (C=O) groups excluding carboxylic acids is 1. The molecule has 128 valence electrons. The summed E-state index contributed by atoms with van der Waals surface area (Å²) in [6.07, 6.45) is 4.64. The van der Waals surface area contributed by atoms with E-state index in [4.69, 9.17) is 0 Å². The quantitative estimate of drug-likeness (QED) is 0.836. The van der Waals surface area contributed by atoms with Crippen LogP contribution in [0.4, 0.5) is 5.69 Å². The molecule has 3 aliphatic heterocycles. The standard InChI is InChI=1S/C22H24N2O/c25-21-22(13-15-23-14-7-6-12-20(22)23)18-10-4-5-11-19(18)24(21)16-17-8-2-1-3-9-17/h1-5,8-11,20H,6-7,12-16H2/t20-,22-/m1/s1. The van der Waals surface area contributed by atoms with Crippen molar-refractivity contribution in [3.63, 3.8) is 0 Å². The predicted octanol–water partition coefficient (Wildman–Crippen LogP) is 3.73. The van der Waals surface area contributed by atoms with Gasteiger partial charge in [0.25, 0.3) is 0 Å². The van der Waals surface area contributed by atoms with Crippen LogP contribution in [-0.2, 0) is 16.8 Å². The number of hydrogen-bond acceptors (Lipinski definition) is 2. The molecular weight excluding hydrogens is 308 g/mol. The first-order valence-electron chi connectivity index (χ1n) is 9.50. The lowest BCUT2D eigenvalue weighted by atomic mass is 9.72. The van der Waals surface area contributed by atoms with Crippen LogP contribution < -0.4 is 4.90 Å². The van der Waals surface area contributed by atoms with Gasteiger partial charge in [0.2, 0.25) is 5.91 Å². The molecule has 0 unspecified atom stereocenters.